The van der Waals surface area contributed by atoms with Crippen LogP contribution in [0.25, 0.3) is 0 Å². The summed E-state index contributed by atoms with van der Waals surface area (Å²) in [5.41, 5.74) is 0.806. The Labute approximate surface area is 123 Å². The first-order chi connectivity index (χ1) is 9.14. The van der Waals surface area contributed by atoms with Gasteiger partial charge in [0.25, 0.3) is 0 Å². The second-order valence-corrected chi connectivity index (χ2v) is 9.55. The molecular weight excluding hydrogens is 270 g/mol. The highest BCUT2D eigenvalue weighted by molar-refractivity contribution is 6.63. The number of halogens is 1. The number of hydrogen-bond acceptors (Lipinski definition) is 2. The highest BCUT2D eigenvalue weighted by Gasteiger charge is 2.52. The van der Waals surface area contributed by atoms with Gasteiger partial charge in [-0.05, 0) is 50.8 Å². The zero-order valence-corrected chi connectivity index (χ0v) is 14.2. The first-order valence-electron chi connectivity index (χ1n) is 7.06. The van der Waals surface area contributed by atoms with Crippen LogP contribution in [0.4, 0.5) is 4.39 Å². The lowest BCUT2D eigenvalue weighted by atomic mass is 9.76. The van der Waals surface area contributed by atoms with E-state index in [0.717, 1.165) is 17.1 Å². The average molecular weight is 293 g/mol. The fraction of sp³-hybridized carbons (Fsp3) is 0.600. The third kappa shape index (κ3) is 2.85. The number of rotatable bonds is 3. The third-order valence-electron chi connectivity index (χ3n) is 4.19. The first-order valence-corrected chi connectivity index (χ1v) is 9.77. The second-order valence-electron chi connectivity index (χ2n) is 6.78. The van der Waals surface area contributed by atoms with Crippen molar-refractivity contribution < 1.29 is 13.7 Å². The molecule has 1 heterocycles. The van der Waals surface area contributed by atoms with Crippen LogP contribution >= 0.6 is 0 Å². The van der Waals surface area contributed by atoms with E-state index in [1.165, 1.54) is 6.07 Å². The SMILES string of the molecule is C[Si](C)Cc1c(F)cccc1B1OC(C)(C)C(C)(C)O1. The molecule has 0 saturated carbocycles. The van der Waals surface area contributed by atoms with Crippen molar-refractivity contribution >= 4 is 21.4 Å². The summed E-state index contributed by atoms with van der Waals surface area (Å²) in [7, 11) is -1.05. The van der Waals surface area contributed by atoms with Gasteiger partial charge < -0.3 is 9.31 Å². The van der Waals surface area contributed by atoms with E-state index < -0.39 is 27.1 Å². The van der Waals surface area contributed by atoms with Crippen molar-refractivity contribution in [3.05, 3.63) is 29.6 Å². The molecule has 1 saturated heterocycles. The highest BCUT2D eigenvalue weighted by Crippen LogP contribution is 2.36. The zero-order valence-electron chi connectivity index (χ0n) is 13.2. The largest absolute Gasteiger partial charge is 0.495 e. The van der Waals surface area contributed by atoms with Crippen molar-refractivity contribution in [2.24, 2.45) is 0 Å². The Morgan fingerprint density at radius 1 is 1.10 bits per heavy atom. The molecule has 1 aromatic rings. The Morgan fingerprint density at radius 2 is 1.65 bits per heavy atom. The molecule has 2 rings (SSSR count). The summed E-state index contributed by atoms with van der Waals surface area (Å²) in [6, 6.07) is 5.97. The summed E-state index contributed by atoms with van der Waals surface area (Å²) in [5, 5.41) is 0. The van der Waals surface area contributed by atoms with E-state index in [9.17, 15) is 4.39 Å². The molecule has 0 spiro atoms. The minimum absolute atomic E-state index is 0.150. The van der Waals surface area contributed by atoms with Crippen molar-refractivity contribution in [3.63, 3.8) is 0 Å². The van der Waals surface area contributed by atoms with Gasteiger partial charge in [-0.1, -0.05) is 25.2 Å². The van der Waals surface area contributed by atoms with Crippen LogP contribution in [-0.4, -0.2) is 27.1 Å². The van der Waals surface area contributed by atoms with Crippen molar-refractivity contribution in [2.45, 2.75) is 58.0 Å². The van der Waals surface area contributed by atoms with Gasteiger partial charge in [0, 0.05) is 8.80 Å². The maximum atomic E-state index is 14.2. The molecular formula is C15H23BFO2Si. The van der Waals surface area contributed by atoms with E-state index in [4.69, 9.17) is 9.31 Å². The highest BCUT2D eigenvalue weighted by atomic mass is 28.3. The minimum atomic E-state index is -0.568. The van der Waals surface area contributed by atoms with Crippen LogP contribution in [0.3, 0.4) is 0 Å². The van der Waals surface area contributed by atoms with Gasteiger partial charge in [0.1, 0.15) is 5.82 Å². The van der Waals surface area contributed by atoms with Crippen LogP contribution in [0, 0.1) is 5.82 Å². The average Bonchev–Trinajstić information content (AvgIpc) is 2.50. The van der Waals surface area contributed by atoms with E-state index in [1.807, 2.05) is 33.8 Å². The van der Waals surface area contributed by atoms with Crippen LogP contribution in [0.5, 0.6) is 0 Å². The molecule has 5 heteroatoms. The van der Waals surface area contributed by atoms with Crippen LogP contribution in [0.1, 0.15) is 33.3 Å². The van der Waals surface area contributed by atoms with Gasteiger partial charge in [-0.2, -0.15) is 0 Å². The van der Waals surface area contributed by atoms with E-state index in [1.54, 1.807) is 6.07 Å². The van der Waals surface area contributed by atoms with Crippen molar-refractivity contribution in [1.82, 2.24) is 0 Å². The van der Waals surface area contributed by atoms with Gasteiger partial charge >= 0.3 is 7.12 Å². The summed E-state index contributed by atoms with van der Waals surface area (Å²) >= 11 is 0. The Morgan fingerprint density at radius 3 is 2.15 bits per heavy atom. The van der Waals surface area contributed by atoms with Crippen LogP contribution in [-0.2, 0) is 15.4 Å². The lowest BCUT2D eigenvalue weighted by Crippen LogP contribution is -2.41. The lowest BCUT2D eigenvalue weighted by molar-refractivity contribution is 0.00578. The molecule has 0 aliphatic carbocycles. The molecule has 0 N–H and O–H groups in total. The van der Waals surface area contributed by atoms with Crippen LogP contribution < -0.4 is 5.46 Å². The molecule has 109 valence electrons. The molecule has 0 atom stereocenters. The molecule has 20 heavy (non-hydrogen) atoms. The maximum absolute atomic E-state index is 14.2. The molecule has 0 aromatic heterocycles. The molecule has 0 bridgehead atoms. The number of hydrogen-bond donors (Lipinski definition) is 0. The van der Waals surface area contributed by atoms with Gasteiger partial charge in [0.05, 0.1) is 11.2 Å². The summed E-state index contributed by atoms with van der Waals surface area (Å²) in [6.45, 7) is 12.4. The molecule has 1 fully saturated rings. The Hall–Kier alpha value is -0.648. The summed E-state index contributed by atoms with van der Waals surface area (Å²) in [6.07, 6.45) is 0. The van der Waals surface area contributed by atoms with Gasteiger partial charge in [-0.15, -0.1) is 0 Å². The quantitative estimate of drug-likeness (QED) is 0.798. The molecule has 0 unspecified atom stereocenters. The van der Waals surface area contributed by atoms with Crippen molar-refractivity contribution in [1.29, 1.82) is 0 Å². The molecule has 1 aliphatic heterocycles. The van der Waals surface area contributed by atoms with Gasteiger partial charge in [0.15, 0.2) is 0 Å². The second kappa shape index (κ2) is 5.28. The molecule has 1 aromatic carbocycles. The topological polar surface area (TPSA) is 18.5 Å². The normalized spacial score (nSPS) is 20.7. The summed E-state index contributed by atoms with van der Waals surface area (Å²) < 4.78 is 26.3. The minimum Gasteiger partial charge on any atom is -0.399 e. The van der Waals surface area contributed by atoms with E-state index in [-0.39, 0.29) is 5.82 Å². The Balaban J connectivity index is 2.37. The first kappa shape index (κ1) is 15.7. The fourth-order valence-corrected chi connectivity index (χ4v) is 3.39. The van der Waals surface area contributed by atoms with E-state index >= 15 is 0 Å². The lowest BCUT2D eigenvalue weighted by Gasteiger charge is -2.32. The Bertz CT molecular complexity index is 487. The molecule has 1 aliphatic rings. The molecule has 2 nitrogen and oxygen atoms in total. The predicted molar refractivity (Wildman–Crippen MR) is 83.3 cm³/mol. The maximum Gasteiger partial charge on any atom is 0.495 e. The van der Waals surface area contributed by atoms with Crippen molar-refractivity contribution in [3.8, 4) is 0 Å². The Kier molecular flexibility index (Phi) is 4.15. The van der Waals surface area contributed by atoms with Crippen molar-refractivity contribution in [2.75, 3.05) is 0 Å². The number of benzene rings is 1. The standard InChI is InChI=1S/C15H23BFO2Si/c1-14(2)15(3,4)19-16(18-14)12-8-7-9-13(17)11(12)10-20(5)6/h7-9H,10H2,1-6H3. The zero-order chi connectivity index (χ0) is 15.1. The summed E-state index contributed by atoms with van der Waals surface area (Å²) in [4.78, 5) is 0. The monoisotopic (exact) mass is 293 g/mol. The van der Waals surface area contributed by atoms with Gasteiger partial charge in [-0.25, -0.2) is 4.39 Å². The smallest absolute Gasteiger partial charge is 0.399 e. The van der Waals surface area contributed by atoms with Gasteiger partial charge in [0.2, 0.25) is 0 Å². The summed E-state index contributed by atoms with van der Waals surface area (Å²) in [5.74, 6) is -0.150. The van der Waals surface area contributed by atoms with Gasteiger partial charge in [-0.3, -0.25) is 0 Å². The predicted octanol–water partition coefficient (Wildman–Crippen LogP) is 2.96. The van der Waals surface area contributed by atoms with E-state index in [0.29, 0.717) is 0 Å². The third-order valence-corrected chi connectivity index (χ3v) is 5.25. The fourth-order valence-electron chi connectivity index (χ4n) is 2.31. The molecule has 1 radical (unpaired) electrons. The van der Waals surface area contributed by atoms with E-state index in [2.05, 4.69) is 13.1 Å². The van der Waals surface area contributed by atoms with Crippen LogP contribution in [0.15, 0.2) is 18.2 Å². The molecule has 0 amide bonds. The van der Waals surface area contributed by atoms with Crippen LogP contribution in [0.2, 0.25) is 13.1 Å².